The molecule has 1 nitrogen and oxygen atoms in total. The van der Waals surface area contributed by atoms with E-state index in [0.717, 1.165) is 21.0 Å². The first-order chi connectivity index (χ1) is 5.54. The van der Waals surface area contributed by atoms with Crippen LogP contribution < -0.4 is 5.73 Å². The van der Waals surface area contributed by atoms with Crippen LogP contribution in [-0.4, -0.2) is 0 Å². The van der Waals surface area contributed by atoms with E-state index < -0.39 is 0 Å². The zero-order valence-corrected chi connectivity index (χ0v) is 8.80. The zero-order chi connectivity index (χ0) is 9.30. The van der Waals surface area contributed by atoms with Gasteiger partial charge in [-0.25, -0.2) is 0 Å². The molecule has 0 aliphatic rings. The Labute approximate surface area is 81.9 Å². The molecule has 0 saturated carbocycles. The second-order valence-corrected chi connectivity index (χ2v) is 4.21. The lowest BCUT2D eigenvalue weighted by molar-refractivity contribution is 0.871. The van der Waals surface area contributed by atoms with Gasteiger partial charge in [-0.15, -0.1) is 11.3 Å². The minimum absolute atomic E-state index is 0.115. The van der Waals surface area contributed by atoms with E-state index in [9.17, 15) is 0 Å². The Morgan fingerprint density at radius 2 is 2.33 bits per heavy atom. The first-order valence-electron chi connectivity index (χ1n) is 3.68. The number of hydrogen-bond donors (Lipinski definition) is 1. The molecule has 0 bridgehead atoms. The highest BCUT2D eigenvalue weighted by Gasteiger charge is 2.13. The summed E-state index contributed by atoms with van der Waals surface area (Å²) in [4.78, 5) is 1.02. The topological polar surface area (TPSA) is 26.0 Å². The van der Waals surface area contributed by atoms with Crippen molar-refractivity contribution < 1.29 is 0 Å². The van der Waals surface area contributed by atoms with E-state index in [-0.39, 0.29) is 6.04 Å². The first-order valence-corrected chi connectivity index (χ1v) is 4.94. The van der Waals surface area contributed by atoms with Crippen molar-refractivity contribution in [2.24, 2.45) is 5.73 Å². The smallest absolute Gasteiger partial charge is 0.0615 e. The van der Waals surface area contributed by atoms with Gasteiger partial charge in [0.15, 0.2) is 0 Å². The van der Waals surface area contributed by atoms with Crippen molar-refractivity contribution in [3.63, 3.8) is 0 Å². The molecule has 66 valence electrons. The van der Waals surface area contributed by atoms with E-state index in [1.165, 1.54) is 0 Å². The summed E-state index contributed by atoms with van der Waals surface area (Å²) in [6, 6.07) is -0.115. The quantitative estimate of drug-likeness (QED) is 0.731. The number of thiophene rings is 1. The van der Waals surface area contributed by atoms with Gasteiger partial charge in [0.25, 0.3) is 0 Å². The molecule has 1 heterocycles. The van der Waals surface area contributed by atoms with E-state index in [1.807, 2.05) is 19.2 Å². The van der Waals surface area contributed by atoms with Gasteiger partial charge in [-0.05, 0) is 24.8 Å². The van der Waals surface area contributed by atoms with Gasteiger partial charge in [0.05, 0.1) is 11.1 Å². The van der Waals surface area contributed by atoms with Gasteiger partial charge < -0.3 is 5.73 Å². The zero-order valence-electron chi connectivity index (χ0n) is 7.23. The summed E-state index contributed by atoms with van der Waals surface area (Å²) in [5, 5.41) is 2.80. The average molecular weight is 202 g/mol. The van der Waals surface area contributed by atoms with E-state index in [2.05, 4.69) is 6.58 Å². The third kappa shape index (κ3) is 1.71. The van der Waals surface area contributed by atoms with Crippen LogP contribution in [0.25, 0.3) is 0 Å². The van der Waals surface area contributed by atoms with Crippen LogP contribution in [0, 0.1) is 6.92 Å². The lowest BCUT2D eigenvalue weighted by Gasteiger charge is -2.09. The van der Waals surface area contributed by atoms with E-state index in [1.54, 1.807) is 11.3 Å². The number of hydrogen-bond acceptors (Lipinski definition) is 2. The van der Waals surface area contributed by atoms with E-state index in [4.69, 9.17) is 17.3 Å². The minimum Gasteiger partial charge on any atom is -0.320 e. The van der Waals surface area contributed by atoms with Gasteiger partial charge in [-0.1, -0.05) is 23.8 Å². The lowest BCUT2D eigenvalue weighted by atomic mass is 10.1. The monoisotopic (exact) mass is 201 g/mol. The molecule has 1 aromatic heterocycles. The van der Waals surface area contributed by atoms with Crippen molar-refractivity contribution in [3.8, 4) is 0 Å². The fourth-order valence-corrected chi connectivity index (χ4v) is 2.29. The molecule has 0 spiro atoms. The summed E-state index contributed by atoms with van der Waals surface area (Å²) in [7, 11) is 0. The summed E-state index contributed by atoms with van der Waals surface area (Å²) >= 11 is 7.63. The predicted molar refractivity (Wildman–Crippen MR) is 55.8 cm³/mol. The Morgan fingerprint density at radius 1 is 1.75 bits per heavy atom. The fraction of sp³-hybridized carbons (Fsp3) is 0.333. The van der Waals surface area contributed by atoms with E-state index in [0.29, 0.717) is 0 Å². The largest absolute Gasteiger partial charge is 0.320 e. The molecular weight excluding hydrogens is 190 g/mol. The van der Waals surface area contributed by atoms with Crippen LogP contribution in [0.2, 0.25) is 5.02 Å². The average Bonchev–Trinajstić information content (AvgIpc) is 2.32. The fourth-order valence-electron chi connectivity index (χ4n) is 0.883. The minimum atomic E-state index is -0.115. The Morgan fingerprint density at radius 3 is 2.67 bits per heavy atom. The van der Waals surface area contributed by atoms with Crippen LogP contribution in [0.3, 0.4) is 0 Å². The summed E-state index contributed by atoms with van der Waals surface area (Å²) in [6.07, 6.45) is 0. The number of aryl methyl sites for hydroxylation is 1. The maximum atomic E-state index is 6.04. The molecule has 3 heteroatoms. The van der Waals surface area contributed by atoms with E-state index >= 15 is 0 Å². The summed E-state index contributed by atoms with van der Waals surface area (Å²) in [5.41, 5.74) is 7.91. The maximum Gasteiger partial charge on any atom is 0.0615 e. The highest BCUT2D eigenvalue weighted by molar-refractivity contribution is 7.10. The Balaban J connectivity index is 3.03. The molecule has 1 aromatic rings. The van der Waals surface area contributed by atoms with Crippen LogP contribution in [0.15, 0.2) is 17.5 Å². The summed E-state index contributed by atoms with van der Waals surface area (Å²) < 4.78 is 0. The molecule has 0 amide bonds. The van der Waals surface area contributed by atoms with Crippen LogP contribution in [0.1, 0.15) is 23.4 Å². The molecule has 1 unspecified atom stereocenters. The SMILES string of the molecule is C=C(C)C(N)c1scc(C)c1Cl. The van der Waals surface area contributed by atoms with Crippen molar-refractivity contribution in [2.45, 2.75) is 19.9 Å². The van der Waals surface area contributed by atoms with Gasteiger partial charge >= 0.3 is 0 Å². The molecule has 0 radical (unpaired) electrons. The van der Waals surface area contributed by atoms with Gasteiger partial charge in [-0.3, -0.25) is 0 Å². The first kappa shape index (κ1) is 9.78. The number of nitrogens with two attached hydrogens (primary N) is 1. The summed E-state index contributed by atoms with van der Waals surface area (Å²) in [5.74, 6) is 0. The maximum absolute atomic E-state index is 6.04. The normalized spacial score (nSPS) is 13.0. The van der Waals surface area contributed by atoms with Crippen molar-refractivity contribution >= 4 is 22.9 Å². The summed E-state index contributed by atoms with van der Waals surface area (Å²) in [6.45, 7) is 7.70. The van der Waals surface area contributed by atoms with Gasteiger partial charge in [-0.2, -0.15) is 0 Å². The highest BCUT2D eigenvalue weighted by atomic mass is 35.5. The van der Waals surface area contributed by atoms with Gasteiger partial charge in [0, 0.05) is 4.88 Å². The lowest BCUT2D eigenvalue weighted by Crippen LogP contribution is -2.09. The molecule has 0 aliphatic heterocycles. The predicted octanol–water partition coefficient (Wildman–Crippen LogP) is 3.29. The molecule has 1 atom stereocenters. The van der Waals surface area contributed by atoms with Crippen LogP contribution >= 0.6 is 22.9 Å². The number of rotatable bonds is 2. The third-order valence-electron chi connectivity index (χ3n) is 1.74. The van der Waals surface area contributed by atoms with Crippen LogP contribution in [0.4, 0.5) is 0 Å². The molecule has 0 aliphatic carbocycles. The second-order valence-electron chi connectivity index (χ2n) is 2.92. The molecule has 0 saturated heterocycles. The highest BCUT2D eigenvalue weighted by Crippen LogP contribution is 2.33. The number of halogens is 1. The molecular formula is C9H12ClNS. The molecule has 12 heavy (non-hydrogen) atoms. The van der Waals surface area contributed by atoms with Crippen molar-refractivity contribution in [3.05, 3.63) is 33.0 Å². The second kappa shape index (κ2) is 3.60. The Hall–Kier alpha value is -0.310. The Bertz CT molecular complexity index is 303. The molecule has 0 fully saturated rings. The van der Waals surface area contributed by atoms with Crippen molar-refractivity contribution in [2.75, 3.05) is 0 Å². The van der Waals surface area contributed by atoms with Crippen LogP contribution in [-0.2, 0) is 0 Å². The van der Waals surface area contributed by atoms with Crippen molar-refractivity contribution in [1.82, 2.24) is 0 Å². The molecule has 1 rings (SSSR count). The third-order valence-corrected chi connectivity index (χ3v) is 3.54. The molecule has 2 N–H and O–H groups in total. The van der Waals surface area contributed by atoms with Crippen molar-refractivity contribution in [1.29, 1.82) is 0 Å². The van der Waals surface area contributed by atoms with Crippen LogP contribution in [0.5, 0.6) is 0 Å². The molecule has 0 aromatic carbocycles. The standard InChI is InChI=1S/C9H12ClNS/c1-5(2)8(11)9-7(10)6(3)4-12-9/h4,8H,1,11H2,2-3H3. The Kier molecular flexibility index (Phi) is 2.94. The van der Waals surface area contributed by atoms with Gasteiger partial charge in [0.2, 0.25) is 0 Å². The van der Waals surface area contributed by atoms with Gasteiger partial charge in [0.1, 0.15) is 0 Å².